The molecular weight excluding hydrogens is 238 g/mol. The zero-order valence-corrected chi connectivity index (χ0v) is 12.7. The van der Waals surface area contributed by atoms with Gasteiger partial charge >= 0.3 is 0 Å². The highest BCUT2D eigenvalue weighted by molar-refractivity contribution is 5.48. The third kappa shape index (κ3) is 3.42. The van der Waals surface area contributed by atoms with E-state index in [2.05, 4.69) is 30.8 Å². The highest BCUT2D eigenvalue weighted by Gasteiger charge is 2.25. The highest BCUT2D eigenvalue weighted by atomic mass is 16.3. The maximum Gasteiger partial charge on any atom is 0.122 e. The van der Waals surface area contributed by atoms with Crippen molar-refractivity contribution >= 4 is 0 Å². The van der Waals surface area contributed by atoms with Crippen LogP contribution in [-0.2, 0) is 10.8 Å². The Morgan fingerprint density at radius 1 is 1.21 bits per heavy atom. The normalized spacial score (nSPS) is 12.1. The molecule has 0 atom stereocenters. The molecular formula is C15H23N3O. The lowest BCUT2D eigenvalue weighted by atomic mass is 9.78. The van der Waals surface area contributed by atoms with Crippen molar-refractivity contribution in [3.63, 3.8) is 0 Å². The summed E-state index contributed by atoms with van der Waals surface area (Å²) in [7, 11) is 0. The Morgan fingerprint density at radius 3 is 2.26 bits per heavy atom. The topological polar surface area (TPSA) is 69.0 Å². The molecule has 0 spiro atoms. The number of hydrogen-bond donors (Lipinski definition) is 1. The van der Waals surface area contributed by atoms with Gasteiger partial charge in [-0.3, -0.25) is 0 Å². The van der Waals surface area contributed by atoms with Crippen LogP contribution in [0.25, 0.3) is 10.4 Å². The molecule has 0 aliphatic heterocycles. The summed E-state index contributed by atoms with van der Waals surface area (Å²) in [5.74, 6) is 0.357. The molecule has 0 saturated carbocycles. The quantitative estimate of drug-likeness (QED) is 0.482. The van der Waals surface area contributed by atoms with Gasteiger partial charge in [-0.15, -0.1) is 0 Å². The first-order chi connectivity index (χ1) is 8.59. The molecule has 1 aromatic rings. The molecule has 1 N–H and O–H groups in total. The van der Waals surface area contributed by atoms with Gasteiger partial charge in [-0.05, 0) is 40.0 Å². The Morgan fingerprint density at radius 2 is 1.79 bits per heavy atom. The van der Waals surface area contributed by atoms with E-state index in [1.54, 1.807) is 0 Å². The maximum atomic E-state index is 10.2. The fourth-order valence-corrected chi connectivity index (χ4v) is 2.04. The first kappa shape index (κ1) is 15.4. The molecule has 4 nitrogen and oxygen atoms in total. The highest BCUT2D eigenvalue weighted by Crippen LogP contribution is 2.37. The van der Waals surface area contributed by atoms with Gasteiger partial charge in [0, 0.05) is 11.5 Å². The monoisotopic (exact) mass is 261 g/mol. The Labute approximate surface area is 115 Å². The van der Waals surface area contributed by atoms with Crippen molar-refractivity contribution in [2.45, 2.75) is 52.4 Å². The third-order valence-corrected chi connectivity index (χ3v) is 3.42. The summed E-state index contributed by atoms with van der Waals surface area (Å²) in [6, 6.07) is 3.99. The van der Waals surface area contributed by atoms with Crippen LogP contribution < -0.4 is 0 Å². The minimum atomic E-state index is -0.245. The zero-order chi connectivity index (χ0) is 14.8. The van der Waals surface area contributed by atoms with E-state index in [1.165, 1.54) is 0 Å². The molecule has 104 valence electrons. The summed E-state index contributed by atoms with van der Waals surface area (Å²) < 4.78 is 0. The number of aromatic hydroxyl groups is 1. The maximum absolute atomic E-state index is 10.2. The van der Waals surface area contributed by atoms with E-state index in [1.807, 2.05) is 32.9 Å². The van der Waals surface area contributed by atoms with Crippen molar-refractivity contribution in [1.82, 2.24) is 0 Å². The van der Waals surface area contributed by atoms with E-state index in [4.69, 9.17) is 5.53 Å². The fraction of sp³-hybridized carbons (Fsp3) is 0.600. The summed E-state index contributed by atoms with van der Waals surface area (Å²) in [5.41, 5.74) is 11.0. The SMILES string of the molecule is Cc1cc(C(C)(C)CN=[N+]=[N-])cc(C(C)(C)C)c1O. The molecule has 0 aliphatic rings. The van der Waals surface area contributed by atoms with Gasteiger partial charge in [0.1, 0.15) is 5.75 Å². The molecule has 1 aromatic carbocycles. The predicted molar refractivity (Wildman–Crippen MR) is 78.6 cm³/mol. The first-order valence-corrected chi connectivity index (χ1v) is 6.45. The number of nitrogens with zero attached hydrogens (tertiary/aromatic N) is 3. The van der Waals surface area contributed by atoms with Crippen LogP contribution in [0.2, 0.25) is 0 Å². The lowest BCUT2D eigenvalue weighted by Crippen LogP contribution is -2.23. The van der Waals surface area contributed by atoms with E-state index in [-0.39, 0.29) is 10.8 Å². The van der Waals surface area contributed by atoms with Gasteiger partial charge in [-0.25, -0.2) is 0 Å². The standard InChI is InChI=1S/C15H23N3O/c1-10-7-11(15(5,6)9-17-18-16)8-12(13(10)19)14(2,3)4/h7-8,19H,9H2,1-6H3. The smallest absolute Gasteiger partial charge is 0.122 e. The minimum Gasteiger partial charge on any atom is -0.507 e. The van der Waals surface area contributed by atoms with Crippen LogP contribution >= 0.6 is 0 Å². The van der Waals surface area contributed by atoms with Crippen LogP contribution in [-0.4, -0.2) is 11.7 Å². The second kappa shape index (κ2) is 5.14. The molecule has 0 saturated heterocycles. The lowest BCUT2D eigenvalue weighted by Gasteiger charge is -2.28. The minimum absolute atomic E-state index is 0.126. The predicted octanol–water partition coefficient (Wildman–Crippen LogP) is 4.59. The molecule has 1 rings (SSSR count). The Balaban J connectivity index is 3.39. The van der Waals surface area contributed by atoms with Gasteiger partial charge in [-0.1, -0.05) is 51.9 Å². The third-order valence-electron chi connectivity index (χ3n) is 3.42. The molecule has 0 aliphatic carbocycles. The Hall–Kier alpha value is -1.67. The second-order valence-corrected chi connectivity index (χ2v) is 6.71. The molecule has 4 heteroatoms. The van der Waals surface area contributed by atoms with Crippen molar-refractivity contribution < 1.29 is 5.11 Å². The average molecular weight is 261 g/mol. The van der Waals surface area contributed by atoms with E-state index in [9.17, 15) is 5.11 Å². The van der Waals surface area contributed by atoms with Crippen LogP contribution in [0.3, 0.4) is 0 Å². The van der Waals surface area contributed by atoms with Crippen molar-refractivity contribution in [3.05, 3.63) is 39.3 Å². The van der Waals surface area contributed by atoms with Gasteiger partial charge < -0.3 is 5.11 Å². The number of phenolic OH excluding ortho intramolecular Hbond substituents is 1. The van der Waals surface area contributed by atoms with Gasteiger partial charge in [0.05, 0.1) is 0 Å². The van der Waals surface area contributed by atoms with E-state index < -0.39 is 0 Å². The summed E-state index contributed by atoms with van der Waals surface area (Å²) in [4.78, 5) is 2.83. The van der Waals surface area contributed by atoms with Crippen molar-refractivity contribution in [2.24, 2.45) is 5.11 Å². The summed E-state index contributed by atoms with van der Waals surface area (Å²) in [6.45, 7) is 12.6. The van der Waals surface area contributed by atoms with E-state index >= 15 is 0 Å². The molecule has 0 radical (unpaired) electrons. The molecule has 0 amide bonds. The van der Waals surface area contributed by atoms with Crippen LogP contribution in [0.1, 0.15) is 51.3 Å². The van der Waals surface area contributed by atoms with Crippen molar-refractivity contribution in [3.8, 4) is 5.75 Å². The van der Waals surface area contributed by atoms with Gasteiger partial charge in [-0.2, -0.15) is 0 Å². The Kier molecular flexibility index (Phi) is 4.16. The van der Waals surface area contributed by atoms with Crippen LogP contribution in [0, 0.1) is 6.92 Å². The largest absolute Gasteiger partial charge is 0.507 e. The Bertz CT molecular complexity index is 521. The summed E-state index contributed by atoms with van der Waals surface area (Å²) in [5, 5.41) is 13.9. The number of azide groups is 1. The van der Waals surface area contributed by atoms with Crippen molar-refractivity contribution in [2.75, 3.05) is 6.54 Å². The summed E-state index contributed by atoms with van der Waals surface area (Å²) >= 11 is 0. The van der Waals surface area contributed by atoms with E-state index in [0.29, 0.717) is 12.3 Å². The number of benzene rings is 1. The van der Waals surface area contributed by atoms with Crippen LogP contribution in [0.15, 0.2) is 17.2 Å². The molecule has 19 heavy (non-hydrogen) atoms. The molecule has 0 aromatic heterocycles. The molecule has 0 unspecified atom stereocenters. The number of phenols is 1. The molecule has 0 heterocycles. The number of hydrogen-bond acceptors (Lipinski definition) is 2. The second-order valence-electron chi connectivity index (χ2n) is 6.71. The van der Waals surface area contributed by atoms with Crippen LogP contribution in [0.5, 0.6) is 5.75 Å². The first-order valence-electron chi connectivity index (χ1n) is 6.45. The van der Waals surface area contributed by atoms with Gasteiger partial charge in [0.15, 0.2) is 0 Å². The van der Waals surface area contributed by atoms with Crippen LogP contribution in [0.4, 0.5) is 0 Å². The average Bonchev–Trinajstić information content (AvgIpc) is 2.28. The number of aryl methyl sites for hydroxylation is 1. The number of rotatable bonds is 3. The zero-order valence-electron chi connectivity index (χ0n) is 12.7. The van der Waals surface area contributed by atoms with Crippen molar-refractivity contribution in [1.29, 1.82) is 0 Å². The lowest BCUT2D eigenvalue weighted by molar-refractivity contribution is 0.439. The van der Waals surface area contributed by atoms with E-state index in [0.717, 1.165) is 16.7 Å². The van der Waals surface area contributed by atoms with Gasteiger partial charge in [0.25, 0.3) is 0 Å². The fourth-order valence-electron chi connectivity index (χ4n) is 2.04. The summed E-state index contributed by atoms with van der Waals surface area (Å²) in [6.07, 6.45) is 0. The van der Waals surface area contributed by atoms with Gasteiger partial charge in [0.2, 0.25) is 0 Å². The molecule has 0 fully saturated rings. The molecule has 0 bridgehead atoms.